The van der Waals surface area contributed by atoms with E-state index in [1.165, 1.54) is 0 Å². The zero-order valence-electron chi connectivity index (χ0n) is 15.4. The maximum atomic E-state index is 13.1. The summed E-state index contributed by atoms with van der Waals surface area (Å²) in [4.78, 5) is 15.0. The van der Waals surface area contributed by atoms with Gasteiger partial charge in [0, 0.05) is 12.7 Å². The Morgan fingerprint density at radius 1 is 1.11 bits per heavy atom. The second-order valence-corrected chi connectivity index (χ2v) is 6.64. The molecule has 0 radical (unpaired) electrons. The van der Waals surface area contributed by atoms with Crippen LogP contribution in [-0.2, 0) is 0 Å². The number of aromatic nitrogens is 2. The number of nitrogens with zero attached hydrogens (tertiary/aromatic N) is 3. The predicted molar refractivity (Wildman–Crippen MR) is 104 cm³/mol. The minimum atomic E-state index is -0.0129. The molecule has 3 aromatic rings. The Balaban J connectivity index is 1.53. The van der Waals surface area contributed by atoms with Gasteiger partial charge < -0.3 is 9.64 Å². The van der Waals surface area contributed by atoms with Gasteiger partial charge in [-0.1, -0.05) is 30.3 Å². The van der Waals surface area contributed by atoms with Crippen molar-refractivity contribution in [1.82, 2.24) is 14.7 Å². The van der Waals surface area contributed by atoms with Gasteiger partial charge in [0.2, 0.25) is 0 Å². The first-order chi connectivity index (χ1) is 13.3. The molecule has 1 amide bonds. The van der Waals surface area contributed by atoms with Crippen molar-refractivity contribution in [3.63, 3.8) is 0 Å². The molecule has 1 fully saturated rings. The molecule has 1 aliphatic rings. The Bertz CT molecular complexity index is 903. The summed E-state index contributed by atoms with van der Waals surface area (Å²) in [6.07, 6.45) is 3.81. The van der Waals surface area contributed by atoms with Gasteiger partial charge in [0.1, 0.15) is 5.75 Å². The van der Waals surface area contributed by atoms with Crippen LogP contribution >= 0.6 is 0 Å². The van der Waals surface area contributed by atoms with Crippen molar-refractivity contribution < 1.29 is 9.53 Å². The Hall–Kier alpha value is -3.08. The van der Waals surface area contributed by atoms with Crippen LogP contribution in [0.3, 0.4) is 0 Å². The van der Waals surface area contributed by atoms with Crippen LogP contribution in [0.15, 0.2) is 66.9 Å². The van der Waals surface area contributed by atoms with E-state index in [4.69, 9.17) is 4.74 Å². The molecule has 0 saturated carbocycles. The molecule has 27 heavy (non-hydrogen) atoms. The highest BCUT2D eigenvalue weighted by molar-refractivity contribution is 5.92. The summed E-state index contributed by atoms with van der Waals surface area (Å²) in [5.41, 5.74) is 2.57. The first kappa shape index (κ1) is 17.3. The average molecular weight is 361 g/mol. The fourth-order valence-corrected chi connectivity index (χ4v) is 3.62. The first-order valence-electron chi connectivity index (χ1n) is 9.41. The van der Waals surface area contributed by atoms with Gasteiger partial charge in [0.15, 0.2) is 5.69 Å². The van der Waals surface area contributed by atoms with Gasteiger partial charge in [-0.2, -0.15) is 5.10 Å². The molecule has 0 N–H and O–H groups in total. The molecule has 5 nitrogen and oxygen atoms in total. The molecule has 0 bridgehead atoms. The minimum absolute atomic E-state index is 0.0129. The highest BCUT2D eigenvalue weighted by Gasteiger charge is 2.31. The maximum Gasteiger partial charge on any atom is 0.274 e. The van der Waals surface area contributed by atoms with Crippen molar-refractivity contribution in [3.8, 4) is 11.4 Å². The van der Waals surface area contributed by atoms with Crippen LogP contribution in [0.25, 0.3) is 5.69 Å². The number of amides is 1. The number of carbonyl (C=O) groups is 1. The number of hydrogen-bond acceptors (Lipinski definition) is 3. The van der Waals surface area contributed by atoms with Crippen molar-refractivity contribution in [1.29, 1.82) is 0 Å². The van der Waals surface area contributed by atoms with E-state index in [0.29, 0.717) is 12.3 Å². The van der Waals surface area contributed by atoms with Crippen molar-refractivity contribution in [2.24, 2.45) is 0 Å². The zero-order chi connectivity index (χ0) is 18.6. The highest BCUT2D eigenvalue weighted by Crippen LogP contribution is 2.33. The number of benzene rings is 2. The molecule has 1 aromatic heterocycles. The summed E-state index contributed by atoms with van der Waals surface area (Å²) >= 11 is 0. The van der Waals surface area contributed by atoms with Crippen LogP contribution in [0.4, 0.5) is 0 Å². The monoisotopic (exact) mass is 361 g/mol. The molecular weight excluding hydrogens is 338 g/mol. The second-order valence-electron chi connectivity index (χ2n) is 6.64. The molecule has 1 atom stereocenters. The minimum Gasteiger partial charge on any atom is -0.494 e. The van der Waals surface area contributed by atoms with Gasteiger partial charge in [-0.15, -0.1) is 0 Å². The fraction of sp³-hybridized carbons (Fsp3) is 0.273. The molecule has 5 heteroatoms. The van der Waals surface area contributed by atoms with Gasteiger partial charge in [-0.25, -0.2) is 4.68 Å². The van der Waals surface area contributed by atoms with Crippen LogP contribution in [0.1, 0.15) is 41.9 Å². The van der Waals surface area contributed by atoms with E-state index in [1.54, 1.807) is 10.7 Å². The molecule has 4 rings (SSSR count). The third-order valence-corrected chi connectivity index (χ3v) is 4.92. The fourth-order valence-electron chi connectivity index (χ4n) is 3.62. The van der Waals surface area contributed by atoms with Gasteiger partial charge in [-0.3, -0.25) is 4.79 Å². The van der Waals surface area contributed by atoms with Gasteiger partial charge in [0.25, 0.3) is 5.91 Å². The summed E-state index contributed by atoms with van der Waals surface area (Å²) in [6.45, 7) is 3.38. The van der Waals surface area contributed by atoms with Crippen molar-refractivity contribution in [2.75, 3.05) is 13.2 Å². The SMILES string of the molecule is CCOc1ccc(C2CCCN2C(=O)c2ccn(-c3ccccc3)n2)cc1. The first-order valence-corrected chi connectivity index (χ1v) is 9.41. The lowest BCUT2D eigenvalue weighted by molar-refractivity contribution is 0.0729. The molecular formula is C22H23N3O2. The summed E-state index contributed by atoms with van der Waals surface area (Å²) in [5, 5.41) is 4.50. The Morgan fingerprint density at radius 3 is 2.63 bits per heavy atom. The lowest BCUT2D eigenvalue weighted by atomic mass is 10.0. The van der Waals surface area contributed by atoms with Gasteiger partial charge in [-0.05, 0) is 55.7 Å². The van der Waals surface area contributed by atoms with Crippen LogP contribution in [-0.4, -0.2) is 33.7 Å². The Morgan fingerprint density at radius 2 is 1.89 bits per heavy atom. The standard InChI is InChI=1S/C22H23N3O2/c1-2-27-19-12-10-17(11-13-19)21-9-6-15-24(21)22(26)20-14-16-25(23-20)18-7-4-3-5-8-18/h3-5,7-8,10-14,16,21H,2,6,9,15H2,1H3. The topological polar surface area (TPSA) is 47.4 Å². The lowest BCUT2D eigenvalue weighted by Crippen LogP contribution is -2.31. The van der Waals surface area contributed by atoms with Gasteiger partial charge >= 0.3 is 0 Å². The van der Waals surface area contributed by atoms with Crippen LogP contribution < -0.4 is 4.74 Å². The number of ether oxygens (including phenoxy) is 1. The third kappa shape index (κ3) is 3.58. The van der Waals surface area contributed by atoms with Crippen molar-refractivity contribution in [2.45, 2.75) is 25.8 Å². The normalized spacial score (nSPS) is 16.5. The molecule has 1 unspecified atom stereocenters. The lowest BCUT2D eigenvalue weighted by Gasteiger charge is -2.24. The highest BCUT2D eigenvalue weighted by atomic mass is 16.5. The Labute approximate surface area is 159 Å². The smallest absolute Gasteiger partial charge is 0.274 e. The van der Waals surface area contributed by atoms with E-state index in [9.17, 15) is 4.79 Å². The van der Waals surface area contributed by atoms with Gasteiger partial charge in [0.05, 0.1) is 18.3 Å². The van der Waals surface area contributed by atoms with E-state index < -0.39 is 0 Å². The third-order valence-electron chi connectivity index (χ3n) is 4.92. The van der Waals surface area contributed by atoms with Crippen molar-refractivity contribution >= 4 is 5.91 Å². The molecule has 2 heterocycles. The summed E-state index contributed by atoms with van der Waals surface area (Å²) < 4.78 is 7.26. The van der Waals surface area contributed by atoms with E-state index in [1.807, 2.05) is 60.5 Å². The Kier molecular flexibility index (Phi) is 4.92. The van der Waals surface area contributed by atoms with E-state index in [-0.39, 0.29) is 11.9 Å². The van der Waals surface area contributed by atoms with Crippen LogP contribution in [0.5, 0.6) is 5.75 Å². The molecule has 0 spiro atoms. The second kappa shape index (κ2) is 7.66. The van der Waals surface area contributed by atoms with Crippen LogP contribution in [0, 0.1) is 0 Å². The molecule has 0 aliphatic carbocycles. The number of likely N-dealkylation sites (tertiary alicyclic amines) is 1. The van der Waals surface area contributed by atoms with Crippen LogP contribution in [0.2, 0.25) is 0 Å². The summed E-state index contributed by atoms with van der Waals surface area (Å²) in [7, 11) is 0. The number of hydrogen-bond donors (Lipinski definition) is 0. The molecule has 1 saturated heterocycles. The predicted octanol–water partition coefficient (Wildman–Crippen LogP) is 4.25. The molecule has 2 aromatic carbocycles. The summed E-state index contributed by atoms with van der Waals surface area (Å²) in [6, 6.07) is 19.8. The molecule has 1 aliphatic heterocycles. The number of carbonyl (C=O) groups excluding carboxylic acids is 1. The zero-order valence-corrected chi connectivity index (χ0v) is 15.4. The van der Waals surface area contributed by atoms with Crippen molar-refractivity contribution in [3.05, 3.63) is 78.1 Å². The van der Waals surface area contributed by atoms with E-state index >= 15 is 0 Å². The quantitative estimate of drug-likeness (QED) is 0.683. The van der Waals surface area contributed by atoms with E-state index in [2.05, 4.69) is 17.2 Å². The number of para-hydroxylation sites is 1. The number of rotatable bonds is 5. The summed E-state index contributed by atoms with van der Waals surface area (Å²) in [5.74, 6) is 0.847. The maximum absolute atomic E-state index is 13.1. The molecule has 138 valence electrons. The largest absolute Gasteiger partial charge is 0.494 e. The average Bonchev–Trinajstić information content (AvgIpc) is 3.39. The van der Waals surface area contributed by atoms with E-state index in [0.717, 1.165) is 36.4 Å².